The Kier molecular flexibility index (Phi) is 5.10. The molecule has 2 N–H and O–H groups in total. The lowest BCUT2D eigenvalue weighted by Gasteiger charge is -2.25. The molecule has 2 heterocycles. The van der Waals surface area contributed by atoms with Crippen LogP contribution in [0.15, 0.2) is 29.8 Å². The molecule has 2 amide bonds. The molecule has 1 aromatic carbocycles. The van der Waals surface area contributed by atoms with E-state index in [4.69, 9.17) is 23.8 Å². The summed E-state index contributed by atoms with van der Waals surface area (Å²) in [4.78, 5) is 37.2. The molecule has 0 bridgehead atoms. The average Bonchev–Trinajstić information content (AvgIpc) is 2.91. The average molecular weight is 418 g/mol. The highest BCUT2D eigenvalue weighted by Gasteiger charge is 2.31. The number of carbonyl (C=O) groups is 3. The molecule has 1 aromatic heterocycles. The summed E-state index contributed by atoms with van der Waals surface area (Å²) in [6.07, 6.45) is 1.50. The van der Waals surface area contributed by atoms with Crippen LogP contribution in [0.4, 0.5) is 0 Å². The Labute approximate surface area is 171 Å². The number of carboxylic acids is 1. The summed E-state index contributed by atoms with van der Waals surface area (Å²) in [6.45, 7) is 3.65. The normalized spacial score (nSPS) is 15.9. The van der Waals surface area contributed by atoms with Crippen molar-refractivity contribution in [1.29, 1.82) is 0 Å². The van der Waals surface area contributed by atoms with E-state index in [0.29, 0.717) is 11.3 Å². The molecule has 1 aliphatic rings. The molecule has 1 saturated heterocycles. The van der Waals surface area contributed by atoms with Crippen LogP contribution in [0.2, 0.25) is 5.02 Å². The second kappa shape index (κ2) is 7.21. The van der Waals surface area contributed by atoms with E-state index in [1.165, 1.54) is 30.2 Å². The highest BCUT2D eigenvalue weighted by Crippen LogP contribution is 2.26. The lowest BCUT2D eigenvalue weighted by Crippen LogP contribution is -2.52. The molecule has 0 unspecified atom stereocenters. The van der Waals surface area contributed by atoms with Crippen molar-refractivity contribution in [1.82, 2.24) is 14.8 Å². The molecule has 9 heteroatoms. The van der Waals surface area contributed by atoms with Gasteiger partial charge in [0.2, 0.25) is 0 Å². The number of rotatable bonds is 3. The summed E-state index contributed by atoms with van der Waals surface area (Å²) in [7, 11) is 1.49. The number of aromatic carboxylic acids is 1. The summed E-state index contributed by atoms with van der Waals surface area (Å²) in [5.41, 5.74) is 2.76. The van der Waals surface area contributed by atoms with Crippen LogP contribution in [0.3, 0.4) is 0 Å². The Morgan fingerprint density at radius 2 is 1.93 bits per heavy atom. The number of likely N-dealkylation sites (N-methyl/N-ethyl adjacent to an activating group) is 1. The van der Waals surface area contributed by atoms with Crippen LogP contribution in [-0.2, 0) is 9.59 Å². The second-order valence-corrected chi connectivity index (χ2v) is 7.11. The number of halogens is 1. The Morgan fingerprint density at radius 3 is 2.57 bits per heavy atom. The topological polar surface area (TPSA) is 91.6 Å². The van der Waals surface area contributed by atoms with E-state index in [-0.39, 0.29) is 21.3 Å². The molecule has 0 spiro atoms. The van der Waals surface area contributed by atoms with Crippen LogP contribution >= 0.6 is 23.8 Å². The number of nitrogens with one attached hydrogen (secondary N) is 1. The summed E-state index contributed by atoms with van der Waals surface area (Å²) < 4.78 is 1.83. The predicted octanol–water partition coefficient (Wildman–Crippen LogP) is 2.70. The molecule has 144 valence electrons. The minimum absolute atomic E-state index is 0.0106. The molecule has 0 aliphatic carbocycles. The van der Waals surface area contributed by atoms with Crippen LogP contribution in [-0.4, -0.2) is 44.5 Å². The maximum atomic E-state index is 12.4. The van der Waals surface area contributed by atoms with Gasteiger partial charge in [-0.1, -0.05) is 11.6 Å². The number of carboxylic acid groups (broad SMARTS) is 1. The number of aromatic nitrogens is 1. The van der Waals surface area contributed by atoms with Gasteiger partial charge in [-0.15, -0.1) is 0 Å². The van der Waals surface area contributed by atoms with E-state index in [0.717, 1.165) is 11.4 Å². The first-order valence-corrected chi connectivity index (χ1v) is 8.97. The number of benzene rings is 1. The number of hydrogen-bond acceptors (Lipinski definition) is 4. The van der Waals surface area contributed by atoms with Gasteiger partial charge < -0.3 is 9.67 Å². The third-order valence-electron chi connectivity index (χ3n) is 4.51. The Bertz CT molecular complexity index is 1090. The number of thiocarbonyl (C=S) groups is 1. The zero-order valence-electron chi connectivity index (χ0n) is 15.2. The van der Waals surface area contributed by atoms with Crippen molar-refractivity contribution in [3.05, 3.63) is 57.4 Å². The minimum atomic E-state index is -1.12. The number of amides is 2. The van der Waals surface area contributed by atoms with Crippen molar-refractivity contribution in [2.45, 2.75) is 13.8 Å². The number of carbonyl (C=O) groups excluding carboxylic acids is 2. The molecule has 28 heavy (non-hydrogen) atoms. The van der Waals surface area contributed by atoms with E-state index in [9.17, 15) is 19.5 Å². The monoisotopic (exact) mass is 417 g/mol. The van der Waals surface area contributed by atoms with Crippen LogP contribution < -0.4 is 5.32 Å². The van der Waals surface area contributed by atoms with E-state index >= 15 is 0 Å². The predicted molar refractivity (Wildman–Crippen MR) is 109 cm³/mol. The molecule has 0 radical (unpaired) electrons. The highest BCUT2D eigenvalue weighted by atomic mass is 35.5. The smallest absolute Gasteiger partial charge is 0.337 e. The fourth-order valence-electron chi connectivity index (χ4n) is 3.05. The first-order chi connectivity index (χ1) is 13.1. The Balaban J connectivity index is 2.10. The van der Waals surface area contributed by atoms with Crippen LogP contribution in [0.5, 0.6) is 0 Å². The fourth-order valence-corrected chi connectivity index (χ4v) is 3.42. The van der Waals surface area contributed by atoms with Crippen molar-refractivity contribution < 1.29 is 19.5 Å². The van der Waals surface area contributed by atoms with Crippen LogP contribution in [0, 0.1) is 13.8 Å². The number of hydrogen-bond donors (Lipinski definition) is 2. The Morgan fingerprint density at radius 1 is 1.25 bits per heavy atom. The molecule has 0 saturated carbocycles. The highest BCUT2D eigenvalue weighted by molar-refractivity contribution is 7.80. The minimum Gasteiger partial charge on any atom is -0.478 e. The van der Waals surface area contributed by atoms with Gasteiger partial charge in [0.05, 0.1) is 10.6 Å². The molecule has 1 aliphatic heterocycles. The lowest BCUT2D eigenvalue weighted by molar-refractivity contribution is -0.128. The second-order valence-electron chi connectivity index (χ2n) is 6.31. The first-order valence-electron chi connectivity index (χ1n) is 8.19. The van der Waals surface area contributed by atoms with Crippen molar-refractivity contribution >= 4 is 52.8 Å². The molecular weight excluding hydrogens is 402 g/mol. The summed E-state index contributed by atoms with van der Waals surface area (Å²) in [5, 5.41) is 12.0. The van der Waals surface area contributed by atoms with Gasteiger partial charge in [-0.25, -0.2) is 4.79 Å². The third-order valence-corrected chi connectivity index (χ3v) is 5.22. The maximum Gasteiger partial charge on any atom is 0.337 e. The van der Waals surface area contributed by atoms with Gasteiger partial charge in [0.15, 0.2) is 5.11 Å². The van der Waals surface area contributed by atoms with Crippen molar-refractivity contribution in [2.24, 2.45) is 0 Å². The third kappa shape index (κ3) is 3.32. The number of aryl methyl sites for hydroxylation is 1. The first kappa shape index (κ1) is 19.8. The molecule has 7 nitrogen and oxygen atoms in total. The van der Waals surface area contributed by atoms with Gasteiger partial charge in [-0.3, -0.25) is 19.8 Å². The van der Waals surface area contributed by atoms with Crippen molar-refractivity contribution in [3.63, 3.8) is 0 Å². The SMILES string of the molecule is Cc1cc(/C=C2/C(=O)NC(=S)N(C)C2=O)c(C)n1-c1ccc(Cl)c(C(=O)O)c1. The van der Waals surface area contributed by atoms with Gasteiger partial charge in [0, 0.05) is 24.1 Å². The van der Waals surface area contributed by atoms with Crippen LogP contribution in [0.25, 0.3) is 11.8 Å². The van der Waals surface area contributed by atoms with Gasteiger partial charge >= 0.3 is 5.97 Å². The Hall–Kier alpha value is -2.97. The largest absolute Gasteiger partial charge is 0.478 e. The van der Waals surface area contributed by atoms with Crippen LogP contribution in [0.1, 0.15) is 27.3 Å². The molecular formula is C19H16ClN3O4S. The van der Waals surface area contributed by atoms with Gasteiger partial charge in [-0.2, -0.15) is 0 Å². The van der Waals surface area contributed by atoms with Gasteiger partial charge in [-0.05, 0) is 62.0 Å². The molecule has 3 rings (SSSR count). The van der Waals surface area contributed by atoms with Gasteiger partial charge in [0.25, 0.3) is 11.8 Å². The molecule has 2 aromatic rings. The number of nitrogens with zero attached hydrogens (tertiary/aromatic N) is 2. The summed E-state index contributed by atoms with van der Waals surface area (Å²) >= 11 is 10.9. The quantitative estimate of drug-likeness (QED) is 0.455. The fraction of sp³-hybridized carbons (Fsp3) is 0.158. The molecule has 0 atom stereocenters. The van der Waals surface area contributed by atoms with Crippen molar-refractivity contribution in [2.75, 3.05) is 7.05 Å². The van der Waals surface area contributed by atoms with E-state index < -0.39 is 17.8 Å². The van der Waals surface area contributed by atoms with E-state index in [1.807, 2.05) is 24.5 Å². The zero-order chi connectivity index (χ0) is 20.7. The van der Waals surface area contributed by atoms with Gasteiger partial charge in [0.1, 0.15) is 5.57 Å². The maximum absolute atomic E-state index is 12.4. The summed E-state index contributed by atoms with van der Waals surface area (Å²) in [6, 6.07) is 6.51. The van der Waals surface area contributed by atoms with Crippen molar-refractivity contribution in [3.8, 4) is 5.69 Å². The van der Waals surface area contributed by atoms with E-state index in [1.54, 1.807) is 6.07 Å². The lowest BCUT2D eigenvalue weighted by atomic mass is 10.1. The zero-order valence-corrected chi connectivity index (χ0v) is 16.8. The molecule has 1 fully saturated rings. The standard InChI is InChI=1S/C19H16ClN3O4S/c1-9-6-11(7-14-16(24)21-19(28)22(3)17(14)25)10(2)23(9)12-4-5-15(20)13(8-12)18(26)27/h4-8H,1-3H3,(H,26,27)(H,21,24,28)/b14-7-. The summed E-state index contributed by atoms with van der Waals surface area (Å²) in [5.74, 6) is -2.17. The van der Waals surface area contributed by atoms with E-state index in [2.05, 4.69) is 5.32 Å².